The van der Waals surface area contributed by atoms with Crippen molar-refractivity contribution in [3.8, 4) is 11.3 Å². The molecule has 6 heteroatoms. The number of hydrogen-bond donors (Lipinski definition) is 3. The molecule has 0 unspecified atom stereocenters. The highest BCUT2D eigenvalue weighted by Gasteiger charge is 2.33. The van der Waals surface area contributed by atoms with Crippen LogP contribution in [0.4, 0.5) is 0 Å². The highest BCUT2D eigenvalue weighted by molar-refractivity contribution is 7.11. The van der Waals surface area contributed by atoms with Crippen molar-refractivity contribution in [2.45, 2.75) is 26.3 Å². The summed E-state index contributed by atoms with van der Waals surface area (Å²) < 4.78 is 0. The maximum absolute atomic E-state index is 10.3. The lowest BCUT2D eigenvalue weighted by molar-refractivity contribution is 0.177. The number of hydrogen-bond acceptors (Lipinski definition) is 5. The smallest absolute Gasteiger partial charge is 0.135 e. The Kier molecular flexibility index (Phi) is 4.69. The first kappa shape index (κ1) is 16.7. The molecule has 0 saturated carbocycles. The van der Waals surface area contributed by atoms with Gasteiger partial charge in [-0.3, -0.25) is 5.41 Å². The molecule has 0 fully saturated rings. The van der Waals surface area contributed by atoms with E-state index < -0.39 is 0 Å². The molecule has 3 N–H and O–H groups in total. The molecule has 2 heterocycles. The molecule has 3 rings (SSSR count). The van der Waals surface area contributed by atoms with E-state index in [1.165, 1.54) is 16.9 Å². The number of nitrogens with one attached hydrogen (secondary N) is 1. The summed E-state index contributed by atoms with van der Waals surface area (Å²) in [5.41, 5.74) is 3.53. The van der Waals surface area contributed by atoms with Gasteiger partial charge in [-0.15, -0.1) is 11.3 Å². The Balaban J connectivity index is 1.88. The standard InChI is InChI=1S/C18H21N3O2S/c1-3-13(9-22)21-8-15(23)16(17(21)19)18-20-14(10-24-18)12-6-4-11(2)5-7-12/h4-7,10,13,19,22-23H,3,8-9H2,1-2H3/t13-/m0/s1. The van der Waals surface area contributed by atoms with E-state index >= 15 is 0 Å². The van der Waals surface area contributed by atoms with Crippen LogP contribution in [0.2, 0.25) is 0 Å². The van der Waals surface area contributed by atoms with E-state index in [1.807, 2.05) is 43.5 Å². The summed E-state index contributed by atoms with van der Waals surface area (Å²) in [5.74, 6) is 0.384. The number of aliphatic hydroxyl groups excluding tert-OH is 2. The van der Waals surface area contributed by atoms with Gasteiger partial charge in [0.1, 0.15) is 16.6 Å². The minimum Gasteiger partial charge on any atom is -0.510 e. The van der Waals surface area contributed by atoms with Gasteiger partial charge in [0.05, 0.1) is 30.5 Å². The van der Waals surface area contributed by atoms with Crippen LogP contribution in [0.3, 0.4) is 0 Å². The number of thiazole rings is 1. The number of aromatic nitrogens is 1. The first-order chi connectivity index (χ1) is 11.5. The SMILES string of the molecule is CC[C@@H](CO)N1CC(O)=C(c2nc(-c3ccc(C)cc3)cs2)C1=N. The van der Waals surface area contributed by atoms with Crippen LogP contribution < -0.4 is 0 Å². The summed E-state index contributed by atoms with van der Waals surface area (Å²) >= 11 is 1.42. The summed E-state index contributed by atoms with van der Waals surface area (Å²) in [4.78, 5) is 6.34. The molecule has 2 aromatic rings. The second-order valence-corrected chi connectivity index (χ2v) is 6.80. The quantitative estimate of drug-likeness (QED) is 0.777. The van der Waals surface area contributed by atoms with E-state index in [2.05, 4.69) is 4.98 Å². The average Bonchev–Trinajstić information content (AvgIpc) is 3.15. The van der Waals surface area contributed by atoms with Gasteiger partial charge in [0.2, 0.25) is 0 Å². The molecule has 5 nitrogen and oxygen atoms in total. The van der Waals surface area contributed by atoms with Gasteiger partial charge < -0.3 is 15.1 Å². The van der Waals surface area contributed by atoms with Crippen molar-refractivity contribution in [2.24, 2.45) is 0 Å². The van der Waals surface area contributed by atoms with Crippen molar-refractivity contribution >= 4 is 22.7 Å². The fourth-order valence-electron chi connectivity index (χ4n) is 2.83. The minimum absolute atomic E-state index is 0.0358. The average molecular weight is 343 g/mol. The van der Waals surface area contributed by atoms with Gasteiger partial charge in [0.15, 0.2) is 0 Å². The molecule has 1 aliphatic rings. The summed E-state index contributed by atoms with van der Waals surface area (Å²) in [5, 5.41) is 30.8. The van der Waals surface area contributed by atoms with Crippen LogP contribution in [0.25, 0.3) is 16.8 Å². The predicted molar refractivity (Wildman–Crippen MR) is 97.4 cm³/mol. The van der Waals surface area contributed by atoms with E-state index in [0.717, 1.165) is 11.3 Å². The maximum atomic E-state index is 10.3. The fraction of sp³-hybridized carbons (Fsp3) is 0.333. The number of nitrogens with zero attached hydrogens (tertiary/aromatic N) is 2. The Labute approximate surface area is 145 Å². The highest BCUT2D eigenvalue weighted by atomic mass is 32.1. The Morgan fingerprint density at radius 1 is 1.33 bits per heavy atom. The van der Waals surface area contributed by atoms with Crippen molar-refractivity contribution in [2.75, 3.05) is 13.2 Å². The van der Waals surface area contributed by atoms with E-state index in [4.69, 9.17) is 5.41 Å². The van der Waals surface area contributed by atoms with E-state index in [1.54, 1.807) is 4.90 Å². The topological polar surface area (TPSA) is 80.4 Å². The Morgan fingerprint density at radius 3 is 2.67 bits per heavy atom. The number of amidine groups is 1. The van der Waals surface area contributed by atoms with E-state index in [9.17, 15) is 10.2 Å². The number of rotatable bonds is 5. The molecule has 0 radical (unpaired) electrons. The molecule has 1 aliphatic heterocycles. The first-order valence-corrected chi connectivity index (χ1v) is 8.84. The van der Waals surface area contributed by atoms with Crippen LogP contribution in [0, 0.1) is 12.3 Å². The largest absolute Gasteiger partial charge is 0.510 e. The highest BCUT2D eigenvalue weighted by Crippen LogP contribution is 2.33. The van der Waals surface area contributed by atoms with Gasteiger partial charge in [-0.25, -0.2) is 4.98 Å². The number of benzene rings is 1. The Hall–Kier alpha value is -2.18. The predicted octanol–water partition coefficient (Wildman–Crippen LogP) is 3.45. The zero-order valence-corrected chi connectivity index (χ0v) is 14.6. The lowest BCUT2D eigenvalue weighted by atomic mass is 10.1. The third-order valence-corrected chi connectivity index (χ3v) is 5.18. The van der Waals surface area contributed by atoms with E-state index in [-0.39, 0.29) is 30.8 Å². The zero-order chi connectivity index (χ0) is 17.3. The van der Waals surface area contributed by atoms with Crippen molar-refractivity contribution in [1.29, 1.82) is 5.41 Å². The van der Waals surface area contributed by atoms with Crippen molar-refractivity contribution < 1.29 is 10.2 Å². The fourth-order valence-corrected chi connectivity index (χ4v) is 3.73. The van der Waals surface area contributed by atoms with Gasteiger partial charge in [-0.1, -0.05) is 36.8 Å². The molecular weight excluding hydrogens is 322 g/mol. The third-order valence-electron chi connectivity index (χ3n) is 4.32. The number of aryl methyl sites for hydroxylation is 1. The van der Waals surface area contributed by atoms with Gasteiger partial charge in [0.25, 0.3) is 0 Å². The summed E-state index contributed by atoms with van der Waals surface area (Å²) in [7, 11) is 0. The molecule has 0 aliphatic carbocycles. The molecule has 0 amide bonds. The first-order valence-electron chi connectivity index (χ1n) is 7.96. The van der Waals surface area contributed by atoms with Crippen LogP contribution in [-0.4, -0.2) is 45.1 Å². The molecule has 0 bridgehead atoms. The van der Waals surface area contributed by atoms with Gasteiger partial charge in [-0.2, -0.15) is 0 Å². The van der Waals surface area contributed by atoms with Crippen molar-refractivity contribution in [3.05, 3.63) is 46.0 Å². The summed E-state index contributed by atoms with van der Waals surface area (Å²) in [6.07, 6.45) is 0.714. The van der Waals surface area contributed by atoms with Crippen LogP contribution in [0.1, 0.15) is 23.9 Å². The molecule has 1 aromatic carbocycles. The zero-order valence-electron chi connectivity index (χ0n) is 13.8. The summed E-state index contributed by atoms with van der Waals surface area (Å²) in [6.45, 7) is 4.22. The monoisotopic (exact) mass is 343 g/mol. The lowest BCUT2D eigenvalue weighted by Crippen LogP contribution is -2.39. The van der Waals surface area contributed by atoms with Crippen LogP contribution in [0.5, 0.6) is 0 Å². The molecular formula is C18H21N3O2S. The molecule has 1 aromatic heterocycles. The van der Waals surface area contributed by atoms with Crippen LogP contribution in [0.15, 0.2) is 35.4 Å². The molecule has 126 valence electrons. The van der Waals surface area contributed by atoms with Gasteiger partial charge >= 0.3 is 0 Å². The second-order valence-electron chi connectivity index (χ2n) is 5.95. The van der Waals surface area contributed by atoms with E-state index in [0.29, 0.717) is 17.0 Å². The molecule has 0 spiro atoms. The van der Waals surface area contributed by atoms with Crippen LogP contribution in [-0.2, 0) is 0 Å². The lowest BCUT2D eigenvalue weighted by Gasteiger charge is -2.26. The molecule has 1 atom stereocenters. The second kappa shape index (κ2) is 6.75. The Bertz CT molecular complexity index is 776. The number of aliphatic hydroxyl groups is 2. The summed E-state index contributed by atoms with van der Waals surface area (Å²) in [6, 6.07) is 7.96. The molecule has 0 saturated heterocycles. The normalized spacial score (nSPS) is 16.1. The third kappa shape index (κ3) is 2.95. The minimum atomic E-state index is -0.159. The van der Waals surface area contributed by atoms with Gasteiger partial charge in [0, 0.05) is 10.9 Å². The van der Waals surface area contributed by atoms with Crippen molar-refractivity contribution in [3.63, 3.8) is 0 Å². The van der Waals surface area contributed by atoms with Crippen molar-refractivity contribution in [1.82, 2.24) is 9.88 Å². The van der Waals surface area contributed by atoms with Crippen LogP contribution >= 0.6 is 11.3 Å². The Morgan fingerprint density at radius 2 is 2.04 bits per heavy atom. The van der Waals surface area contributed by atoms with Gasteiger partial charge in [-0.05, 0) is 13.3 Å². The maximum Gasteiger partial charge on any atom is 0.135 e. The molecule has 24 heavy (non-hydrogen) atoms.